The molecule has 4 nitrogen and oxygen atoms in total. The summed E-state index contributed by atoms with van der Waals surface area (Å²) in [5.74, 6) is -0.922. The Bertz CT molecular complexity index is 287. The van der Waals surface area contributed by atoms with Gasteiger partial charge in [-0.05, 0) is 19.1 Å². The van der Waals surface area contributed by atoms with Crippen LogP contribution < -0.4 is 5.73 Å². The Morgan fingerprint density at radius 1 is 1.79 bits per heavy atom. The first-order chi connectivity index (χ1) is 6.66. The van der Waals surface area contributed by atoms with E-state index in [9.17, 15) is 9.18 Å². The molecule has 0 saturated carbocycles. The Hall–Kier alpha value is -1.36. The van der Waals surface area contributed by atoms with E-state index in [2.05, 4.69) is 9.72 Å². The van der Waals surface area contributed by atoms with E-state index in [4.69, 9.17) is 5.73 Å². The lowest BCUT2D eigenvalue weighted by Gasteiger charge is -2.13. The Kier molecular flexibility index (Phi) is 3.64. The second kappa shape index (κ2) is 4.76. The van der Waals surface area contributed by atoms with Gasteiger partial charge in [-0.3, -0.25) is 0 Å². The van der Waals surface area contributed by atoms with E-state index >= 15 is 0 Å². The minimum Gasteiger partial charge on any atom is -0.464 e. The SMILES string of the molecule is CCOC(=O)C(F)[C@@H](N)c1ccc[nH]1. The number of hydrogen-bond acceptors (Lipinski definition) is 3. The highest BCUT2D eigenvalue weighted by Crippen LogP contribution is 2.15. The number of aromatic amines is 1. The molecule has 1 rings (SSSR count). The third kappa shape index (κ3) is 2.32. The smallest absolute Gasteiger partial charge is 0.342 e. The molecule has 0 aliphatic rings. The van der Waals surface area contributed by atoms with Crippen molar-refractivity contribution in [2.45, 2.75) is 19.1 Å². The Balaban J connectivity index is 2.61. The van der Waals surface area contributed by atoms with Crippen molar-refractivity contribution in [3.63, 3.8) is 0 Å². The fourth-order valence-corrected chi connectivity index (χ4v) is 1.08. The molecule has 14 heavy (non-hydrogen) atoms. The summed E-state index contributed by atoms with van der Waals surface area (Å²) in [6.45, 7) is 1.77. The molecule has 0 fully saturated rings. The normalized spacial score (nSPS) is 14.8. The molecule has 1 aromatic rings. The summed E-state index contributed by atoms with van der Waals surface area (Å²) in [7, 11) is 0. The van der Waals surface area contributed by atoms with Crippen molar-refractivity contribution in [3.05, 3.63) is 24.0 Å². The van der Waals surface area contributed by atoms with Gasteiger partial charge in [-0.1, -0.05) is 0 Å². The predicted octanol–water partition coefficient (Wildman–Crippen LogP) is 0.916. The molecule has 0 aliphatic heterocycles. The molecule has 0 bridgehead atoms. The summed E-state index contributed by atoms with van der Waals surface area (Å²) < 4.78 is 17.8. The molecule has 0 spiro atoms. The molecule has 0 aliphatic carbocycles. The van der Waals surface area contributed by atoms with E-state index in [0.717, 1.165) is 0 Å². The molecular formula is C9H13FN2O2. The lowest BCUT2D eigenvalue weighted by molar-refractivity contribution is -0.150. The molecule has 1 heterocycles. The Labute approximate surface area is 81.2 Å². The number of ether oxygens (including phenoxy) is 1. The molecule has 0 aromatic carbocycles. The molecule has 2 atom stereocenters. The zero-order valence-electron chi connectivity index (χ0n) is 7.87. The predicted molar refractivity (Wildman–Crippen MR) is 49.3 cm³/mol. The van der Waals surface area contributed by atoms with Crippen LogP contribution in [0.3, 0.4) is 0 Å². The van der Waals surface area contributed by atoms with Gasteiger partial charge in [0.2, 0.25) is 6.17 Å². The maximum Gasteiger partial charge on any atom is 0.342 e. The van der Waals surface area contributed by atoms with Gasteiger partial charge in [-0.2, -0.15) is 0 Å². The van der Waals surface area contributed by atoms with Gasteiger partial charge in [0.15, 0.2) is 0 Å². The zero-order valence-corrected chi connectivity index (χ0v) is 7.87. The number of carbonyl (C=O) groups excluding carboxylic acids is 1. The molecule has 1 unspecified atom stereocenters. The Morgan fingerprint density at radius 3 is 3.00 bits per heavy atom. The van der Waals surface area contributed by atoms with Crippen LogP contribution in [-0.2, 0) is 9.53 Å². The summed E-state index contributed by atoms with van der Waals surface area (Å²) in [5.41, 5.74) is 5.98. The largest absolute Gasteiger partial charge is 0.464 e. The van der Waals surface area contributed by atoms with Gasteiger partial charge in [-0.15, -0.1) is 0 Å². The number of rotatable bonds is 4. The number of carbonyl (C=O) groups is 1. The van der Waals surface area contributed by atoms with E-state index in [1.165, 1.54) is 0 Å². The lowest BCUT2D eigenvalue weighted by atomic mass is 10.1. The highest BCUT2D eigenvalue weighted by molar-refractivity contribution is 5.75. The first kappa shape index (κ1) is 10.7. The highest BCUT2D eigenvalue weighted by atomic mass is 19.1. The van der Waals surface area contributed by atoms with Crippen molar-refractivity contribution in [1.29, 1.82) is 0 Å². The van der Waals surface area contributed by atoms with Crippen LogP contribution in [0.5, 0.6) is 0 Å². The second-order valence-electron chi connectivity index (χ2n) is 2.81. The van der Waals surface area contributed by atoms with Crippen LogP contribution in [0.15, 0.2) is 18.3 Å². The van der Waals surface area contributed by atoms with E-state index in [1.54, 1.807) is 25.3 Å². The van der Waals surface area contributed by atoms with Gasteiger partial charge in [-0.25, -0.2) is 9.18 Å². The van der Waals surface area contributed by atoms with Crippen molar-refractivity contribution in [1.82, 2.24) is 4.98 Å². The van der Waals surface area contributed by atoms with Gasteiger partial charge in [0.25, 0.3) is 0 Å². The average molecular weight is 200 g/mol. The van der Waals surface area contributed by atoms with Crippen molar-refractivity contribution in [2.75, 3.05) is 6.61 Å². The number of nitrogens with one attached hydrogen (secondary N) is 1. The summed E-state index contributed by atoms with van der Waals surface area (Å²) in [4.78, 5) is 13.7. The van der Waals surface area contributed by atoms with Crippen molar-refractivity contribution >= 4 is 5.97 Å². The first-order valence-electron chi connectivity index (χ1n) is 4.36. The van der Waals surface area contributed by atoms with Gasteiger partial charge in [0.05, 0.1) is 12.6 Å². The fraction of sp³-hybridized carbons (Fsp3) is 0.444. The minimum atomic E-state index is -1.83. The number of aromatic nitrogens is 1. The number of halogens is 1. The maximum atomic E-state index is 13.3. The van der Waals surface area contributed by atoms with Crippen LogP contribution >= 0.6 is 0 Å². The lowest BCUT2D eigenvalue weighted by Crippen LogP contribution is -2.31. The topological polar surface area (TPSA) is 68.1 Å². The van der Waals surface area contributed by atoms with E-state index < -0.39 is 18.2 Å². The summed E-state index contributed by atoms with van der Waals surface area (Å²) in [6.07, 6.45) is -0.207. The van der Waals surface area contributed by atoms with Crippen LogP contribution in [-0.4, -0.2) is 23.7 Å². The van der Waals surface area contributed by atoms with Crippen molar-refractivity contribution in [3.8, 4) is 0 Å². The monoisotopic (exact) mass is 200 g/mol. The molecule has 0 saturated heterocycles. The van der Waals surface area contributed by atoms with Gasteiger partial charge < -0.3 is 15.5 Å². The molecule has 0 amide bonds. The fourth-order valence-electron chi connectivity index (χ4n) is 1.08. The van der Waals surface area contributed by atoms with E-state index in [0.29, 0.717) is 5.69 Å². The number of H-pyrrole nitrogens is 1. The standard InChI is InChI=1S/C9H13FN2O2/c1-2-14-9(13)7(10)8(11)6-4-3-5-12-6/h3-5,7-8,12H,2,11H2,1H3/t7?,8-/m0/s1. The molecule has 0 radical (unpaired) electrons. The second-order valence-corrected chi connectivity index (χ2v) is 2.81. The van der Waals surface area contributed by atoms with E-state index in [1.807, 2.05) is 0 Å². The van der Waals surface area contributed by atoms with Crippen LogP contribution in [0.25, 0.3) is 0 Å². The van der Waals surface area contributed by atoms with Gasteiger partial charge in [0.1, 0.15) is 0 Å². The minimum absolute atomic E-state index is 0.150. The number of alkyl halides is 1. The number of nitrogens with two attached hydrogens (primary N) is 1. The summed E-state index contributed by atoms with van der Waals surface area (Å²) >= 11 is 0. The summed E-state index contributed by atoms with van der Waals surface area (Å²) in [5, 5.41) is 0. The number of hydrogen-bond donors (Lipinski definition) is 2. The van der Waals surface area contributed by atoms with Crippen LogP contribution in [0.4, 0.5) is 4.39 Å². The number of esters is 1. The molecule has 78 valence electrons. The quantitative estimate of drug-likeness (QED) is 0.710. The highest BCUT2D eigenvalue weighted by Gasteiger charge is 2.28. The van der Waals surface area contributed by atoms with E-state index in [-0.39, 0.29) is 6.61 Å². The third-order valence-corrected chi connectivity index (χ3v) is 1.81. The van der Waals surface area contributed by atoms with Crippen LogP contribution in [0.2, 0.25) is 0 Å². The maximum absolute atomic E-state index is 13.3. The zero-order chi connectivity index (χ0) is 10.6. The average Bonchev–Trinajstić information content (AvgIpc) is 2.68. The molecule has 5 heteroatoms. The first-order valence-corrected chi connectivity index (χ1v) is 4.36. The third-order valence-electron chi connectivity index (χ3n) is 1.81. The molecule has 1 aromatic heterocycles. The summed E-state index contributed by atoms with van der Waals surface area (Å²) in [6, 6.07) is 2.31. The van der Waals surface area contributed by atoms with Crippen molar-refractivity contribution < 1.29 is 13.9 Å². The van der Waals surface area contributed by atoms with Gasteiger partial charge in [0, 0.05) is 11.9 Å². The molecular weight excluding hydrogens is 187 g/mol. The van der Waals surface area contributed by atoms with Gasteiger partial charge >= 0.3 is 5.97 Å². The Morgan fingerprint density at radius 2 is 2.50 bits per heavy atom. The molecule has 3 N–H and O–H groups in total. The van der Waals surface area contributed by atoms with Crippen LogP contribution in [0, 0.1) is 0 Å². The van der Waals surface area contributed by atoms with Crippen molar-refractivity contribution in [2.24, 2.45) is 5.73 Å². The van der Waals surface area contributed by atoms with Crippen LogP contribution in [0.1, 0.15) is 18.7 Å².